The van der Waals surface area contributed by atoms with E-state index in [-0.39, 0.29) is 12.3 Å². The lowest BCUT2D eigenvalue weighted by atomic mass is 9.66. The maximum Gasteiger partial charge on any atom is 0.310 e. The summed E-state index contributed by atoms with van der Waals surface area (Å²) in [4.78, 5) is 22.8. The molecule has 17 heavy (non-hydrogen) atoms. The van der Waals surface area contributed by atoms with Crippen molar-refractivity contribution >= 4 is 11.9 Å². The zero-order valence-electron chi connectivity index (χ0n) is 10.4. The van der Waals surface area contributed by atoms with Crippen LogP contribution >= 0.6 is 0 Å². The van der Waals surface area contributed by atoms with Gasteiger partial charge in [0.05, 0.1) is 5.41 Å². The quantitative estimate of drug-likeness (QED) is 0.744. The Labute approximate surface area is 102 Å². The molecular formula is C13H21NO3. The van der Waals surface area contributed by atoms with Crippen molar-refractivity contribution in [1.29, 1.82) is 0 Å². The molecule has 0 heterocycles. The predicted molar refractivity (Wildman–Crippen MR) is 63.5 cm³/mol. The minimum Gasteiger partial charge on any atom is -0.481 e. The second-order valence-electron chi connectivity index (χ2n) is 6.03. The van der Waals surface area contributed by atoms with Crippen molar-refractivity contribution in [1.82, 2.24) is 5.32 Å². The van der Waals surface area contributed by atoms with E-state index in [4.69, 9.17) is 5.11 Å². The highest BCUT2D eigenvalue weighted by Gasteiger charge is 2.46. The molecule has 2 fully saturated rings. The van der Waals surface area contributed by atoms with Gasteiger partial charge in [-0.05, 0) is 37.5 Å². The van der Waals surface area contributed by atoms with Crippen LogP contribution in [-0.2, 0) is 9.59 Å². The molecule has 1 amide bonds. The first kappa shape index (κ1) is 12.4. The topological polar surface area (TPSA) is 66.4 Å². The molecule has 2 rings (SSSR count). The fraction of sp³-hybridized carbons (Fsp3) is 0.846. The summed E-state index contributed by atoms with van der Waals surface area (Å²) in [5.41, 5.74) is -0.318. The Morgan fingerprint density at radius 1 is 1.24 bits per heavy atom. The van der Waals surface area contributed by atoms with Crippen LogP contribution in [0.4, 0.5) is 0 Å². The van der Waals surface area contributed by atoms with Crippen LogP contribution < -0.4 is 5.32 Å². The van der Waals surface area contributed by atoms with Crippen LogP contribution in [0.15, 0.2) is 0 Å². The van der Waals surface area contributed by atoms with E-state index in [9.17, 15) is 9.59 Å². The van der Waals surface area contributed by atoms with Gasteiger partial charge in [0.25, 0.3) is 0 Å². The van der Waals surface area contributed by atoms with E-state index in [2.05, 4.69) is 12.2 Å². The summed E-state index contributed by atoms with van der Waals surface area (Å²) in [5.74, 6) is -0.913. The summed E-state index contributed by atoms with van der Waals surface area (Å²) >= 11 is 0. The van der Waals surface area contributed by atoms with Crippen molar-refractivity contribution < 1.29 is 14.7 Å². The molecule has 0 aromatic heterocycles. The van der Waals surface area contributed by atoms with Gasteiger partial charge < -0.3 is 10.4 Å². The molecule has 2 saturated carbocycles. The minimum atomic E-state index is -0.812. The summed E-state index contributed by atoms with van der Waals surface area (Å²) < 4.78 is 0. The van der Waals surface area contributed by atoms with Crippen molar-refractivity contribution in [2.75, 3.05) is 6.54 Å². The van der Waals surface area contributed by atoms with E-state index in [1.807, 2.05) is 0 Å². The fourth-order valence-corrected chi connectivity index (χ4v) is 2.41. The second kappa shape index (κ2) is 4.31. The van der Waals surface area contributed by atoms with E-state index >= 15 is 0 Å². The fourth-order valence-electron chi connectivity index (χ4n) is 2.41. The smallest absolute Gasteiger partial charge is 0.310 e. The average molecular weight is 239 g/mol. The lowest BCUT2D eigenvalue weighted by Crippen LogP contribution is -2.42. The van der Waals surface area contributed by atoms with E-state index < -0.39 is 11.4 Å². The molecule has 0 aromatic rings. The molecule has 2 aliphatic carbocycles. The van der Waals surface area contributed by atoms with E-state index in [1.165, 1.54) is 12.8 Å². The van der Waals surface area contributed by atoms with E-state index in [0.29, 0.717) is 24.8 Å². The number of carbonyl (C=O) groups excluding carboxylic acids is 1. The molecule has 96 valence electrons. The average Bonchev–Trinajstić information content (AvgIpc) is 2.90. The molecule has 0 unspecified atom stereocenters. The van der Waals surface area contributed by atoms with Gasteiger partial charge in [-0.15, -0.1) is 0 Å². The highest BCUT2D eigenvalue weighted by atomic mass is 16.4. The summed E-state index contributed by atoms with van der Waals surface area (Å²) in [7, 11) is 0. The van der Waals surface area contributed by atoms with Gasteiger partial charge in [0.2, 0.25) is 5.91 Å². The third-order valence-corrected chi connectivity index (χ3v) is 4.42. The van der Waals surface area contributed by atoms with Crippen molar-refractivity contribution in [3.05, 3.63) is 0 Å². The first-order valence-corrected chi connectivity index (χ1v) is 6.46. The Morgan fingerprint density at radius 2 is 1.88 bits per heavy atom. The monoisotopic (exact) mass is 239 g/mol. The number of aliphatic carboxylic acids is 1. The molecule has 0 aliphatic heterocycles. The Kier molecular flexibility index (Phi) is 3.15. The lowest BCUT2D eigenvalue weighted by molar-refractivity contribution is -0.157. The number of rotatable bonds is 6. The largest absolute Gasteiger partial charge is 0.481 e. The summed E-state index contributed by atoms with van der Waals surface area (Å²) in [6.07, 6.45) is 5.89. The van der Waals surface area contributed by atoms with E-state index in [1.54, 1.807) is 0 Å². The van der Waals surface area contributed by atoms with Crippen LogP contribution in [0.2, 0.25) is 0 Å². The molecule has 2 N–H and O–H groups in total. The Bertz CT molecular complexity index is 330. The molecule has 0 saturated heterocycles. The van der Waals surface area contributed by atoms with Gasteiger partial charge >= 0.3 is 5.97 Å². The zero-order chi connectivity index (χ0) is 12.5. The highest BCUT2D eigenvalue weighted by molar-refractivity contribution is 5.85. The molecule has 4 nitrogen and oxygen atoms in total. The molecule has 0 bridgehead atoms. The summed E-state index contributed by atoms with van der Waals surface area (Å²) in [6, 6.07) is 0. The SMILES string of the molecule is CC1(CCNC(=O)CC2(C(=O)O)CCC2)CC1. The molecular weight excluding hydrogens is 218 g/mol. The zero-order valence-corrected chi connectivity index (χ0v) is 10.4. The number of carbonyl (C=O) groups is 2. The molecule has 0 atom stereocenters. The Morgan fingerprint density at radius 3 is 2.29 bits per heavy atom. The van der Waals surface area contributed by atoms with Crippen LogP contribution in [0, 0.1) is 10.8 Å². The van der Waals surface area contributed by atoms with Crippen LogP contribution in [0.5, 0.6) is 0 Å². The van der Waals surface area contributed by atoms with Crippen LogP contribution in [0.3, 0.4) is 0 Å². The number of hydrogen-bond acceptors (Lipinski definition) is 2. The third-order valence-electron chi connectivity index (χ3n) is 4.42. The molecule has 4 heteroatoms. The van der Waals surface area contributed by atoms with Gasteiger partial charge in [-0.1, -0.05) is 13.3 Å². The Hall–Kier alpha value is -1.06. The first-order valence-electron chi connectivity index (χ1n) is 6.46. The van der Waals surface area contributed by atoms with Gasteiger partial charge in [0.1, 0.15) is 0 Å². The summed E-state index contributed by atoms with van der Waals surface area (Å²) in [6.45, 7) is 2.91. The van der Waals surface area contributed by atoms with Crippen LogP contribution in [0.25, 0.3) is 0 Å². The number of amides is 1. The van der Waals surface area contributed by atoms with Crippen molar-refractivity contribution in [2.24, 2.45) is 10.8 Å². The normalized spacial score (nSPS) is 23.6. The van der Waals surface area contributed by atoms with Crippen LogP contribution in [0.1, 0.15) is 51.9 Å². The predicted octanol–water partition coefficient (Wildman–Crippen LogP) is 1.94. The van der Waals surface area contributed by atoms with Crippen LogP contribution in [-0.4, -0.2) is 23.5 Å². The second-order valence-corrected chi connectivity index (χ2v) is 6.03. The van der Waals surface area contributed by atoms with Gasteiger partial charge in [-0.3, -0.25) is 9.59 Å². The van der Waals surface area contributed by atoms with Crippen molar-refractivity contribution in [3.63, 3.8) is 0 Å². The van der Waals surface area contributed by atoms with Gasteiger partial charge in [0.15, 0.2) is 0 Å². The van der Waals surface area contributed by atoms with Gasteiger partial charge in [-0.2, -0.15) is 0 Å². The summed E-state index contributed by atoms with van der Waals surface area (Å²) in [5, 5.41) is 12.0. The Balaban J connectivity index is 1.71. The molecule has 0 radical (unpaired) electrons. The first-order chi connectivity index (χ1) is 7.96. The number of carboxylic acid groups (broad SMARTS) is 1. The standard InChI is InChI=1S/C13H21NO3/c1-12(5-6-12)7-8-14-10(15)9-13(11(16)17)3-2-4-13/h2-9H2,1H3,(H,14,15)(H,16,17). The maximum atomic E-state index is 11.7. The maximum absolute atomic E-state index is 11.7. The highest BCUT2D eigenvalue weighted by Crippen LogP contribution is 2.47. The van der Waals surface area contributed by atoms with E-state index in [0.717, 1.165) is 12.8 Å². The van der Waals surface area contributed by atoms with Crippen molar-refractivity contribution in [3.8, 4) is 0 Å². The number of carboxylic acids is 1. The lowest BCUT2D eigenvalue weighted by Gasteiger charge is -2.36. The minimum absolute atomic E-state index is 0.101. The number of hydrogen-bond donors (Lipinski definition) is 2. The van der Waals surface area contributed by atoms with Gasteiger partial charge in [0, 0.05) is 13.0 Å². The molecule has 2 aliphatic rings. The molecule has 0 aromatic carbocycles. The number of nitrogens with one attached hydrogen (secondary N) is 1. The molecule has 0 spiro atoms. The third kappa shape index (κ3) is 2.79. The van der Waals surface area contributed by atoms with Gasteiger partial charge in [-0.25, -0.2) is 0 Å². The van der Waals surface area contributed by atoms with Crippen molar-refractivity contribution in [2.45, 2.75) is 51.9 Å².